The fraction of sp³-hybridized carbons (Fsp3) is 0.314. The Kier molecular flexibility index (Phi) is 9.25. The molecule has 3 aromatic heterocycles. The number of carbonyl (C=O) groups is 1. The van der Waals surface area contributed by atoms with E-state index in [1.165, 1.54) is 14.1 Å². The summed E-state index contributed by atoms with van der Waals surface area (Å²) in [4.78, 5) is 50.0. The second-order valence-corrected chi connectivity index (χ2v) is 13.2. The van der Waals surface area contributed by atoms with Gasteiger partial charge in [-0.25, -0.2) is 28.5 Å². The Hall–Kier alpha value is -4.92. The number of nitrogens with one attached hydrogen (secondary N) is 3. The van der Waals surface area contributed by atoms with Gasteiger partial charge in [0.1, 0.15) is 11.2 Å². The SMILES string of the molecule is COc1nc(-c2cccc(-c3cccc(Nc4nc(C(F)F)nc5c4c(=O)n(C)c(=O)n5C)c3Cl)c2Cl)cc2c1C(NCC1CCC(=O)N1)CC2. The van der Waals surface area contributed by atoms with E-state index in [4.69, 9.17) is 32.9 Å². The highest BCUT2D eigenvalue weighted by Crippen LogP contribution is 2.44. The third-order valence-corrected chi connectivity index (χ3v) is 10.2. The van der Waals surface area contributed by atoms with Crippen LogP contribution in [0.25, 0.3) is 33.4 Å². The molecule has 0 radical (unpaired) electrons. The van der Waals surface area contributed by atoms with E-state index < -0.39 is 23.5 Å². The number of halogens is 4. The van der Waals surface area contributed by atoms with Gasteiger partial charge in [0.2, 0.25) is 11.8 Å². The molecule has 2 aromatic carbocycles. The smallest absolute Gasteiger partial charge is 0.332 e. The summed E-state index contributed by atoms with van der Waals surface area (Å²) in [7, 11) is 4.19. The molecular formula is C35H32Cl2F2N8O4. The highest BCUT2D eigenvalue weighted by molar-refractivity contribution is 6.39. The fourth-order valence-electron chi connectivity index (χ4n) is 6.78. The molecule has 1 amide bonds. The Balaban J connectivity index is 1.24. The van der Waals surface area contributed by atoms with Crippen LogP contribution in [0.3, 0.4) is 0 Å². The van der Waals surface area contributed by atoms with E-state index >= 15 is 0 Å². The van der Waals surface area contributed by atoms with Gasteiger partial charge in [0.25, 0.3) is 12.0 Å². The van der Waals surface area contributed by atoms with Crippen LogP contribution in [0, 0.1) is 0 Å². The van der Waals surface area contributed by atoms with E-state index in [0.29, 0.717) is 46.3 Å². The first-order valence-electron chi connectivity index (χ1n) is 16.2. The molecule has 16 heteroatoms. The third-order valence-electron chi connectivity index (χ3n) is 9.38. The van der Waals surface area contributed by atoms with Gasteiger partial charge in [-0.2, -0.15) is 0 Å². The highest BCUT2D eigenvalue weighted by Gasteiger charge is 2.30. The lowest BCUT2D eigenvalue weighted by Crippen LogP contribution is -2.38. The predicted octanol–water partition coefficient (Wildman–Crippen LogP) is 5.61. The number of ether oxygens (including phenoxy) is 1. The van der Waals surface area contributed by atoms with Gasteiger partial charge in [0.05, 0.1) is 28.5 Å². The summed E-state index contributed by atoms with van der Waals surface area (Å²) in [5.74, 6) is -0.536. The van der Waals surface area contributed by atoms with Gasteiger partial charge in [-0.05, 0) is 37.0 Å². The summed E-state index contributed by atoms with van der Waals surface area (Å²) in [5.41, 5.74) is 2.92. The van der Waals surface area contributed by atoms with Crippen molar-refractivity contribution in [3.05, 3.63) is 90.3 Å². The van der Waals surface area contributed by atoms with Crippen molar-refractivity contribution in [2.24, 2.45) is 14.1 Å². The van der Waals surface area contributed by atoms with Crippen LogP contribution in [0.4, 0.5) is 20.3 Å². The summed E-state index contributed by atoms with van der Waals surface area (Å²) in [6.07, 6.45) is -0.0819. The van der Waals surface area contributed by atoms with E-state index in [-0.39, 0.29) is 45.6 Å². The summed E-state index contributed by atoms with van der Waals surface area (Å²) in [6.45, 7) is 0.653. The van der Waals surface area contributed by atoms with Crippen molar-refractivity contribution >= 4 is 51.6 Å². The maximum atomic E-state index is 13.9. The number of alkyl halides is 2. The summed E-state index contributed by atoms with van der Waals surface area (Å²) < 4.78 is 35.4. The van der Waals surface area contributed by atoms with Gasteiger partial charge in [0.15, 0.2) is 11.5 Å². The highest BCUT2D eigenvalue weighted by atomic mass is 35.5. The Morgan fingerprint density at radius 3 is 2.39 bits per heavy atom. The van der Waals surface area contributed by atoms with Crippen LogP contribution in [0.1, 0.15) is 48.7 Å². The first-order chi connectivity index (χ1) is 24.5. The van der Waals surface area contributed by atoms with Gasteiger partial charge < -0.3 is 20.7 Å². The lowest BCUT2D eigenvalue weighted by Gasteiger charge is -2.20. The number of pyridine rings is 1. The molecule has 2 aliphatic rings. The Bertz CT molecular complexity index is 2350. The maximum Gasteiger partial charge on any atom is 0.332 e. The first-order valence-corrected chi connectivity index (χ1v) is 16.9. The number of rotatable bonds is 9. The molecule has 0 saturated carbocycles. The molecule has 0 bridgehead atoms. The first kappa shape index (κ1) is 34.5. The van der Waals surface area contributed by atoms with Crippen molar-refractivity contribution in [3.8, 4) is 28.3 Å². The average Bonchev–Trinajstić information content (AvgIpc) is 3.74. The Labute approximate surface area is 299 Å². The van der Waals surface area contributed by atoms with Crippen LogP contribution in [0.5, 0.6) is 5.88 Å². The normalized spacial score (nSPS) is 16.9. The number of benzene rings is 2. The fourth-order valence-corrected chi connectivity index (χ4v) is 7.38. The molecule has 1 saturated heterocycles. The van der Waals surface area contributed by atoms with Crippen molar-refractivity contribution in [1.82, 2.24) is 34.7 Å². The molecule has 264 valence electrons. The predicted molar refractivity (Wildman–Crippen MR) is 190 cm³/mol. The van der Waals surface area contributed by atoms with Crippen LogP contribution in [0.15, 0.2) is 52.1 Å². The standard InChI is InChI=1S/C35H32Cl2F2N8O4/c1-46-32-26(34(49)47(2)35(46)50)30(44-31(45-32)29(38)39)42-22-9-5-7-19(28(22)37)18-6-4-8-20(27(18)36)23-14-16-10-12-21(25(16)33(43-23)51-3)40-15-17-11-13-24(48)41-17/h4-9,14,17,21,29,40H,10-13,15H2,1-3H3,(H,41,48)(H,42,44,45). The number of aryl methyl sites for hydroxylation is 2. The molecule has 1 aliphatic carbocycles. The molecule has 2 unspecified atom stereocenters. The second-order valence-electron chi connectivity index (χ2n) is 12.5. The van der Waals surface area contributed by atoms with Crippen molar-refractivity contribution < 1.29 is 18.3 Å². The van der Waals surface area contributed by atoms with Crippen LogP contribution in [-0.4, -0.2) is 49.7 Å². The monoisotopic (exact) mass is 736 g/mol. The summed E-state index contributed by atoms with van der Waals surface area (Å²) in [6, 6.07) is 12.7. The Morgan fingerprint density at radius 1 is 0.961 bits per heavy atom. The molecule has 1 aliphatic heterocycles. The van der Waals surface area contributed by atoms with Crippen molar-refractivity contribution in [2.45, 2.75) is 44.2 Å². The average molecular weight is 738 g/mol. The minimum Gasteiger partial charge on any atom is -0.481 e. The van der Waals surface area contributed by atoms with Crippen molar-refractivity contribution in [1.29, 1.82) is 0 Å². The zero-order valence-corrected chi connectivity index (χ0v) is 29.2. The van der Waals surface area contributed by atoms with Crippen LogP contribution < -0.4 is 31.9 Å². The van der Waals surface area contributed by atoms with Crippen LogP contribution in [-0.2, 0) is 25.3 Å². The summed E-state index contributed by atoms with van der Waals surface area (Å²) >= 11 is 14.0. The van der Waals surface area contributed by atoms with E-state index in [2.05, 4.69) is 25.9 Å². The minimum absolute atomic E-state index is 0.0266. The topological polar surface area (TPSA) is 145 Å². The number of nitrogens with zero attached hydrogens (tertiary/aromatic N) is 5. The zero-order chi connectivity index (χ0) is 36.1. The van der Waals surface area contributed by atoms with Gasteiger partial charge >= 0.3 is 5.69 Å². The van der Waals surface area contributed by atoms with E-state index in [0.717, 1.165) is 39.5 Å². The number of hydrogen-bond donors (Lipinski definition) is 3. The molecule has 5 aromatic rings. The number of aromatic nitrogens is 5. The molecule has 0 spiro atoms. The van der Waals surface area contributed by atoms with Gasteiger partial charge in [-0.3, -0.25) is 18.7 Å². The molecule has 51 heavy (non-hydrogen) atoms. The molecule has 3 N–H and O–H groups in total. The van der Waals surface area contributed by atoms with Crippen molar-refractivity contribution in [3.63, 3.8) is 0 Å². The van der Waals surface area contributed by atoms with Crippen molar-refractivity contribution in [2.75, 3.05) is 19.0 Å². The van der Waals surface area contributed by atoms with E-state index in [1.807, 2.05) is 18.2 Å². The Morgan fingerprint density at radius 2 is 1.69 bits per heavy atom. The lowest BCUT2D eigenvalue weighted by atomic mass is 9.99. The number of hydrogen-bond acceptors (Lipinski definition) is 9. The van der Waals surface area contributed by atoms with Gasteiger partial charge in [-0.15, -0.1) is 0 Å². The molecule has 7 rings (SSSR count). The number of methoxy groups -OCH3 is 1. The van der Waals surface area contributed by atoms with Gasteiger partial charge in [0, 0.05) is 61.4 Å². The third kappa shape index (κ3) is 6.21. The molecule has 2 atom stereocenters. The lowest BCUT2D eigenvalue weighted by molar-refractivity contribution is -0.119. The van der Waals surface area contributed by atoms with Gasteiger partial charge in [-0.1, -0.05) is 53.5 Å². The van der Waals surface area contributed by atoms with Crippen LogP contribution >= 0.6 is 23.2 Å². The summed E-state index contributed by atoms with van der Waals surface area (Å²) in [5, 5.41) is 9.88. The number of carbonyl (C=O) groups excluding carboxylic acids is 1. The maximum absolute atomic E-state index is 13.9. The van der Waals surface area contributed by atoms with E-state index in [9.17, 15) is 23.2 Å². The number of anilines is 2. The molecular weight excluding hydrogens is 705 g/mol. The number of fused-ring (bicyclic) bond motifs is 2. The molecule has 1 fully saturated rings. The molecule has 12 nitrogen and oxygen atoms in total. The zero-order valence-electron chi connectivity index (χ0n) is 27.7. The largest absolute Gasteiger partial charge is 0.481 e. The molecule has 4 heterocycles. The quantitative estimate of drug-likeness (QED) is 0.176. The van der Waals surface area contributed by atoms with E-state index in [1.54, 1.807) is 31.4 Å². The minimum atomic E-state index is -3.08. The van der Waals surface area contributed by atoms with Crippen LogP contribution in [0.2, 0.25) is 10.0 Å². The number of amides is 1. The second kappa shape index (κ2) is 13.7.